The predicted molar refractivity (Wildman–Crippen MR) is 101 cm³/mol. The van der Waals surface area contributed by atoms with Gasteiger partial charge in [-0.2, -0.15) is 0 Å². The molecule has 0 saturated heterocycles. The molecule has 0 unspecified atom stereocenters. The van der Waals surface area contributed by atoms with Gasteiger partial charge < -0.3 is 14.5 Å². The number of furan rings is 1. The summed E-state index contributed by atoms with van der Waals surface area (Å²) in [7, 11) is 4.05. The predicted octanol–water partition coefficient (Wildman–Crippen LogP) is 4.19. The Balaban J connectivity index is 1.82. The topological polar surface area (TPSA) is 61.9 Å². The minimum atomic E-state index is 0.740. The molecule has 0 saturated carbocycles. The van der Waals surface area contributed by atoms with Crippen LogP contribution < -0.4 is 0 Å². The van der Waals surface area contributed by atoms with Crippen molar-refractivity contribution >= 4 is 5.71 Å². The van der Waals surface area contributed by atoms with Crippen LogP contribution in [0.2, 0.25) is 0 Å². The van der Waals surface area contributed by atoms with E-state index in [4.69, 9.17) is 9.62 Å². The molecule has 0 spiro atoms. The van der Waals surface area contributed by atoms with Crippen molar-refractivity contribution in [3.63, 3.8) is 0 Å². The maximum atomic E-state index is 9.14. The lowest BCUT2D eigenvalue weighted by Gasteiger charge is -2.07. The van der Waals surface area contributed by atoms with Crippen molar-refractivity contribution in [1.29, 1.82) is 0 Å². The van der Waals surface area contributed by atoms with Gasteiger partial charge in [-0.15, -0.1) is 0 Å². The summed E-state index contributed by atoms with van der Waals surface area (Å²) in [5, 5.41) is 12.6. The number of rotatable bonds is 4. The second-order valence-corrected chi connectivity index (χ2v) is 6.85. The highest BCUT2D eigenvalue weighted by molar-refractivity contribution is 6.04. The van der Waals surface area contributed by atoms with Crippen molar-refractivity contribution in [2.24, 2.45) is 5.16 Å². The molecule has 132 valence electrons. The molecule has 0 fully saturated rings. The third-order valence-electron chi connectivity index (χ3n) is 4.68. The van der Waals surface area contributed by atoms with Gasteiger partial charge in [0.05, 0.1) is 12.3 Å². The van der Waals surface area contributed by atoms with Crippen molar-refractivity contribution in [3.05, 3.63) is 65.7 Å². The smallest absolute Gasteiger partial charge is 0.142 e. The molecule has 0 aliphatic heterocycles. The van der Waals surface area contributed by atoms with E-state index < -0.39 is 0 Å². The summed E-state index contributed by atoms with van der Waals surface area (Å²) < 4.78 is 6.24. The van der Waals surface area contributed by atoms with E-state index in [0.29, 0.717) is 0 Å². The first kappa shape index (κ1) is 16.5. The van der Waals surface area contributed by atoms with E-state index in [0.717, 1.165) is 58.9 Å². The Morgan fingerprint density at radius 1 is 1.04 bits per heavy atom. The second kappa shape index (κ2) is 6.77. The monoisotopic (exact) mass is 347 g/mol. The number of fused-ring (bicyclic) bond motifs is 1. The molecule has 5 heteroatoms. The number of pyridine rings is 1. The first-order valence-corrected chi connectivity index (χ1v) is 8.68. The molecule has 1 aliphatic carbocycles. The lowest BCUT2D eigenvalue weighted by atomic mass is 9.99. The Bertz CT molecular complexity index is 959. The lowest BCUT2D eigenvalue weighted by molar-refractivity contribution is 0.318. The molecule has 0 bridgehead atoms. The van der Waals surface area contributed by atoms with Gasteiger partial charge in [0.1, 0.15) is 11.5 Å². The van der Waals surface area contributed by atoms with Crippen LogP contribution in [0.15, 0.2) is 58.4 Å². The van der Waals surface area contributed by atoms with Crippen molar-refractivity contribution in [2.75, 3.05) is 14.1 Å². The van der Waals surface area contributed by atoms with Gasteiger partial charge in [-0.25, -0.2) is 0 Å². The minimum Gasteiger partial charge on any atom is -0.459 e. The molecule has 2 heterocycles. The van der Waals surface area contributed by atoms with Crippen molar-refractivity contribution < 1.29 is 9.62 Å². The third kappa shape index (κ3) is 3.02. The Morgan fingerprint density at radius 2 is 1.85 bits per heavy atom. The van der Waals surface area contributed by atoms with Gasteiger partial charge >= 0.3 is 0 Å². The maximum absolute atomic E-state index is 9.14. The third-order valence-corrected chi connectivity index (χ3v) is 4.68. The van der Waals surface area contributed by atoms with Gasteiger partial charge in [0.25, 0.3) is 0 Å². The van der Waals surface area contributed by atoms with Gasteiger partial charge in [-0.1, -0.05) is 17.3 Å². The largest absolute Gasteiger partial charge is 0.459 e. The molecular weight excluding hydrogens is 326 g/mol. The fourth-order valence-corrected chi connectivity index (χ4v) is 3.51. The zero-order valence-electron chi connectivity index (χ0n) is 14.9. The molecule has 3 aromatic rings. The summed E-state index contributed by atoms with van der Waals surface area (Å²) in [4.78, 5) is 6.21. The fourth-order valence-electron chi connectivity index (χ4n) is 3.51. The fraction of sp³-hybridized carbons (Fsp3) is 0.238. The highest BCUT2D eigenvalue weighted by atomic mass is 16.4. The molecule has 1 N–H and O–H groups in total. The Kier molecular flexibility index (Phi) is 4.31. The van der Waals surface area contributed by atoms with Crippen LogP contribution >= 0.6 is 0 Å². The van der Waals surface area contributed by atoms with Crippen LogP contribution in [-0.4, -0.2) is 34.9 Å². The summed E-state index contributed by atoms with van der Waals surface area (Å²) >= 11 is 0. The second-order valence-electron chi connectivity index (χ2n) is 6.85. The number of oxime groups is 1. The molecule has 0 radical (unpaired) electrons. The van der Waals surface area contributed by atoms with Crippen LogP contribution in [0.3, 0.4) is 0 Å². The molecule has 4 rings (SSSR count). The standard InChI is InChI=1S/C21H21N3O2/c1-24(2)13-17-12-19(14-7-9-22-10-8-14)21(26-17)16-3-5-18-15(11-16)4-6-20(18)23-25/h3,5,7-12,25H,4,6,13H2,1-2H3/b23-20-. The zero-order valence-corrected chi connectivity index (χ0v) is 14.9. The van der Waals surface area contributed by atoms with Gasteiger partial charge in [-0.3, -0.25) is 4.98 Å². The SMILES string of the molecule is CN(C)Cc1cc(-c2ccncc2)c(-c2ccc3c(c2)CC/C3=N/O)o1. The minimum absolute atomic E-state index is 0.740. The molecule has 0 amide bonds. The van der Waals surface area contributed by atoms with E-state index in [1.807, 2.05) is 38.4 Å². The van der Waals surface area contributed by atoms with Gasteiger partial charge in [0.15, 0.2) is 0 Å². The molecule has 26 heavy (non-hydrogen) atoms. The summed E-state index contributed by atoms with van der Waals surface area (Å²) in [5.74, 6) is 1.79. The van der Waals surface area contributed by atoms with E-state index in [2.05, 4.69) is 27.2 Å². The molecule has 0 atom stereocenters. The van der Waals surface area contributed by atoms with Crippen molar-refractivity contribution in [1.82, 2.24) is 9.88 Å². The number of hydrogen-bond acceptors (Lipinski definition) is 5. The molecule has 2 aromatic heterocycles. The van der Waals surface area contributed by atoms with Gasteiger partial charge in [-0.05, 0) is 62.3 Å². The first-order chi connectivity index (χ1) is 12.7. The lowest BCUT2D eigenvalue weighted by Crippen LogP contribution is -2.09. The van der Waals surface area contributed by atoms with Crippen LogP contribution in [0.4, 0.5) is 0 Å². The van der Waals surface area contributed by atoms with Crippen LogP contribution in [-0.2, 0) is 13.0 Å². The number of hydrogen-bond donors (Lipinski definition) is 1. The number of aryl methyl sites for hydroxylation is 1. The highest BCUT2D eigenvalue weighted by Gasteiger charge is 2.21. The average molecular weight is 347 g/mol. The number of benzene rings is 1. The van der Waals surface area contributed by atoms with E-state index >= 15 is 0 Å². The Labute approximate surface area is 152 Å². The Morgan fingerprint density at radius 3 is 2.58 bits per heavy atom. The van der Waals surface area contributed by atoms with Crippen LogP contribution in [0.25, 0.3) is 22.5 Å². The van der Waals surface area contributed by atoms with Gasteiger partial charge in [0, 0.05) is 29.1 Å². The molecule has 1 aliphatic rings. The van der Waals surface area contributed by atoms with Crippen molar-refractivity contribution in [2.45, 2.75) is 19.4 Å². The van der Waals surface area contributed by atoms with Crippen LogP contribution in [0, 0.1) is 0 Å². The quantitative estimate of drug-likeness (QED) is 0.568. The average Bonchev–Trinajstić information content (AvgIpc) is 3.25. The molecule has 5 nitrogen and oxygen atoms in total. The van der Waals surface area contributed by atoms with Crippen molar-refractivity contribution in [3.8, 4) is 22.5 Å². The van der Waals surface area contributed by atoms with E-state index in [1.54, 1.807) is 12.4 Å². The van der Waals surface area contributed by atoms with E-state index in [1.165, 1.54) is 5.56 Å². The molecule has 1 aromatic carbocycles. The summed E-state index contributed by atoms with van der Waals surface area (Å²) in [6.07, 6.45) is 5.25. The van der Waals surface area contributed by atoms with E-state index in [-0.39, 0.29) is 0 Å². The zero-order chi connectivity index (χ0) is 18.1. The summed E-state index contributed by atoms with van der Waals surface area (Å²) in [6.45, 7) is 0.740. The summed E-state index contributed by atoms with van der Waals surface area (Å²) in [6, 6.07) is 12.3. The normalized spacial score (nSPS) is 15.0. The van der Waals surface area contributed by atoms with Crippen LogP contribution in [0.1, 0.15) is 23.3 Å². The number of nitrogens with zero attached hydrogens (tertiary/aromatic N) is 3. The van der Waals surface area contributed by atoms with Crippen LogP contribution in [0.5, 0.6) is 0 Å². The Hall–Kier alpha value is -2.92. The summed E-state index contributed by atoms with van der Waals surface area (Å²) in [5.41, 5.74) is 6.18. The maximum Gasteiger partial charge on any atom is 0.142 e. The van der Waals surface area contributed by atoms with Gasteiger partial charge in [0.2, 0.25) is 0 Å². The highest BCUT2D eigenvalue weighted by Crippen LogP contribution is 2.37. The number of aromatic nitrogens is 1. The first-order valence-electron chi connectivity index (χ1n) is 8.68. The molecular formula is C21H21N3O2. The van der Waals surface area contributed by atoms with E-state index in [9.17, 15) is 0 Å².